The van der Waals surface area contributed by atoms with E-state index in [0.717, 1.165) is 11.4 Å². The number of aliphatic hydroxyl groups is 1. The van der Waals surface area contributed by atoms with Crippen molar-refractivity contribution in [3.8, 4) is 11.5 Å². The Morgan fingerprint density at radius 3 is 2.58 bits per heavy atom. The third-order valence-electron chi connectivity index (χ3n) is 3.39. The predicted molar refractivity (Wildman–Crippen MR) is 112 cm³/mol. The number of ether oxygens (including phenoxy) is 1. The van der Waals surface area contributed by atoms with Crippen molar-refractivity contribution < 1.29 is 14.3 Å². The van der Waals surface area contributed by atoms with E-state index in [2.05, 4.69) is 10.3 Å². The number of anilines is 1. The van der Waals surface area contributed by atoms with Crippen molar-refractivity contribution in [1.29, 1.82) is 0 Å². The fraction of sp³-hybridized carbons (Fsp3) is 0.105. The Morgan fingerprint density at radius 1 is 1.08 bits per heavy atom. The summed E-state index contributed by atoms with van der Waals surface area (Å²) in [5.74, 6) is 2.08. The van der Waals surface area contributed by atoms with Crippen molar-refractivity contribution >= 4 is 35.6 Å². The molecule has 26 heavy (non-hydrogen) atoms. The lowest BCUT2D eigenvalue weighted by molar-refractivity contribution is 0.158. The zero-order valence-corrected chi connectivity index (χ0v) is 16.2. The number of furan rings is 1. The third-order valence-corrected chi connectivity index (χ3v) is 3.39. The summed E-state index contributed by atoms with van der Waals surface area (Å²) in [5.41, 5.74) is 6.60. The standard InChI is InChI=1S/C19H19N3O3.HI/c20-19(21-13-17(23)18-10-5-11-24-18)22-14-6-4-9-16(12-14)25-15-7-2-1-3-8-15;/h1-12,17,23H,13H2,(H3,20,21,22);1H. The summed E-state index contributed by atoms with van der Waals surface area (Å²) in [6.07, 6.45) is 0.672. The molecule has 1 atom stereocenters. The molecule has 0 aliphatic rings. The molecule has 0 saturated carbocycles. The number of hydrogen-bond donors (Lipinski definition) is 3. The van der Waals surface area contributed by atoms with Crippen LogP contribution in [-0.4, -0.2) is 17.6 Å². The number of aliphatic hydroxyl groups excluding tert-OH is 1. The molecular formula is C19H20IN3O3. The molecule has 3 rings (SSSR count). The lowest BCUT2D eigenvalue weighted by atomic mass is 10.3. The zero-order valence-electron chi connectivity index (χ0n) is 13.9. The third kappa shape index (κ3) is 5.78. The summed E-state index contributed by atoms with van der Waals surface area (Å²) in [7, 11) is 0. The monoisotopic (exact) mass is 465 g/mol. The maximum absolute atomic E-state index is 9.93. The SMILES string of the molecule is I.NC(=NCC(O)c1ccco1)Nc1cccc(Oc2ccccc2)c1. The van der Waals surface area contributed by atoms with Crippen LogP contribution >= 0.6 is 24.0 Å². The number of rotatable bonds is 6. The van der Waals surface area contributed by atoms with Gasteiger partial charge in [0.25, 0.3) is 0 Å². The second-order valence-corrected chi connectivity index (χ2v) is 5.33. The van der Waals surface area contributed by atoms with E-state index in [4.69, 9.17) is 14.9 Å². The van der Waals surface area contributed by atoms with Crippen molar-refractivity contribution in [3.63, 3.8) is 0 Å². The molecule has 3 aromatic rings. The van der Waals surface area contributed by atoms with Crippen LogP contribution in [-0.2, 0) is 0 Å². The number of nitrogens with zero attached hydrogens (tertiary/aromatic N) is 1. The van der Waals surface area contributed by atoms with E-state index >= 15 is 0 Å². The minimum absolute atomic E-state index is 0. The van der Waals surface area contributed by atoms with Gasteiger partial charge in [0.2, 0.25) is 0 Å². The highest BCUT2D eigenvalue weighted by Gasteiger charge is 2.09. The number of guanidine groups is 1. The normalized spacial score (nSPS) is 12.1. The van der Waals surface area contributed by atoms with Crippen LogP contribution in [0.3, 0.4) is 0 Å². The second-order valence-electron chi connectivity index (χ2n) is 5.33. The molecule has 1 heterocycles. The molecule has 0 aliphatic carbocycles. The van der Waals surface area contributed by atoms with Gasteiger partial charge in [-0.1, -0.05) is 24.3 Å². The summed E-state index contributed by atoms with van der Waals surface area (Å²) in [6, 6.07) is 20.3. The molecule has 0 fully saturated rings. The molecule has 6 nitrogen and oxygen atoms in total. The molecule has 2 aromatic carbocycles. The first-order chi connectivity index (χ1) is 12.2. The van der Waals surface area contributed by atoms with Crippen molar-refractivity contribution in [2.45, 2.75) is 6.10 Å². The zero-order chi connectivity index (χ0) is 17.5. The van der Waals surface area contributed by atoms with Crippen molar-refractivity contribution in [2.24, 2.45) is 10.7 Å². The summed E-state index contributed by atoms with van der Waals surface area (Å²) < 4.78 is 10.9. The molecule has 1 unspecified atom stereocenters. The Balaban J connectivity index is 0.00000243. The molecule has 0 saturated heterocycles. The maximum Gasteiger partial charge on any atom is 0.193 e. The minimum Gasteiger partial charge on any atom is -0.467 e. The van der Waals surface area contributed by atoms with Crippen LogP contribution in [0.1, 0.15) is 11.9 Å². The summed E-state index contributed by atoms with van der Waals surface area (Å²) in [4.78, 5) is 4.12. The largest absolute Gasteiger partial charge is 0.467 e. The lowest BCUT2D eigenvalue weighted by Crippen LogP contribution is -2.23. The average Bonchev–Trinajstić information content (AvgIpc) is 3.16. The molecule has 1 aromatic heterocycles. The Hall–Kier alpha value is -2.52. The first-order valence-corrected chi connectivity index (χ1v) is 7.82. The molecule has 0 aliphatic heterocycles. The van der Waals surface area contributed by atoms with Crippen LogP contribution in [0.25, 0.3) is 0 Å². The average molecular weight is 465 g/mol. The van der Waals surface area contributed by atoms with Crippen molar-refractivity contribution in [1.82, 2.24) is 0 Å². The topological polar surface area (TPSA) is 93.0 Å². The van der Waals surface area contributed by atoms with E-state index in [1.807, 2.05) is 54.6 Å². The number of halogens is 1. The maximum atomic E-state index is 9.93. The van der Waals surface area contributed by atoms with Crippen molar-refractivity contribution in [2.75, 3.05) is 11.9 Å². The van der Waals surface area contributed by atoms with Gasteiger partial charge in [-0.05, 0) is 36.4 Å². The van der Waals surface area contributed by atoms with Gasteiger partial charge in [0.05, 0.1) is 12.8 Å². The number of nitrogens with one attached hydrogen (secondary N) is 1. The number of benzene rings is 2. The molecular weight excluding hydrogens is 445 g/mol. The van der Waals surface area contributed by atoms with Gasteiger partial charge in [-0.2, -0.15) is 0 Å². The molecule has 7 heteroatoms. The molecule has 4 N–H and O–H groups in total. The van der Waals surface area contributed by atoms with Gasteiger partial charge in [-0.3, -0.25) is 0 Å². The van der Waals surface area contributed by atoms with E-state index in [1.165, 1.54) is 6.26 Å². The number of aliphatic imine (C=N–C) groups is 1. The highest BCUT2D eigenvalue weighted by molar-refractivity contribution is 14.0. The minimum atomic E-state index is -0.830. The van der Waals surface area contributed by atoms with E-state index in [1.54, 1.807) is 12.1 Å². The van der Waals surface area contributed by atoms with Gasteiger partial charge in [0, 0.05) is 11.8 Å². The Bertz CT molecular complexity index is 823. The first-order valence-electron chi connectivity index (χ1n) is 7.82. The van der Waals surface area contributed by atoms with Crippen LogP contribution in [0.15, 0.2) is 82.4 Å². The van der Waals surface area contributed by atoms with E-state index in [9.17, 15) is 5.11 Å². The highest BCUT2D eigenvalue weighted by atomic mass is 127. The molecule has 0 spiro atoms. The Labute approximate surface area is 168 Å². The molecule has 0 amide bonds. The van der Waals surface area contributed by atoms with Gasteiger partial charge in [-0.15, -0.1) is 24.0 Å². The quantitative estimate of drug-likeness (QED) is 0.289. The predicted octanol–water partition coefficient (Wildman–Crippen LogP) is 4.15. The van der Waals surface area contributed by atoms with E-state index in [-0.39, 0.29) is 36.5 Å². The van der Waals surface area contributed by atoms with Crippen LogP contribution in [0.2, 0.25) is 0 Å². The van der Waals surface area contributed by atoms with Gasteiger partial charge >= 0.3 is 0 Å². The molecule has 136 valence electrons. The van der Waals surface area contributed by atoms with Crippen LogP contribution in [0.4, 0.5) is 5.69 Å². The number of para-hydroxylation sites is 1. The van der Waals surface area contributed by atoms with Crippen molar-refractivity contribution in [3.05, 3.63) is 78.8 Å². The summed E-state index contributed by atoms with van der Waals surface area (Å²) in [5, 5.41) is 12.9. The molecule has 0 radical (unpaired) electrons. The molecule has 0 bridgehead atoms. The van der Waals surface area contributed by atoms with E-state index < -0.39 is 6.10 Å². The number of hydrogen-bond acceptors (Lipinski definition) is 4. The Morgan fingerprint density at radius 2 is 1.85 bits per heavy atom. The highest BCUT2D eigenvalue weighted by Crippen LogP contribution is 2.23. The number of nitrogens with two attached hydrogens (primary N) is 1. The summed E-state index contributed by atoms with van der Waals surface area (Å²) in [6.45, 7) is 0.104. The Kier molecular flexibility index (Phi) is 7.49. The van der Waals surface area contributed by atoms with Crippen LogP contribution in [0, 0.1) is 0 Å². The fourth-order valence-corrected chi connectivity index (χ4v) is 2.21. The van der Waals surface area contributed by atoms with Gasteiger partial charge in [-0.25, -0.2) is 4.99 Å². The first kappa shape index (κ1) is 19.8. The van der Waals surface area contributed by atoms with E-state index in [0.29, 0.717) is 11.5 Å². The van der Waals surface area contributed by atoms with Gasteiger partial charge < -0.3 is 25.3 Å². The second kappa shape index (κ2) is 9.83. The fourth-order valence-electron chi connectivity index (χ4n) is 2.21. The van der Waals surface area contributed by atoms with Crippen LogP contribution < -0.4 is 15.8 Å². The lowest BCUT2D eigenvalue weighted by Gasteiger charge is -2.10. The summed E-state index contributed by atoms with van der Waals surface area (Å²) >= 11 is 0. The van der Waals surface area contributed by atoms with Gasteiger partial charge in [0.1, 0.15) is 23.4 Å². The van der Waals surface area contributed by atoms with Gasteiger partial charge in [0.15, 0.2) is 5.96 Å². The smallest absolute Gasteiger partial charge is 0.193 e. The van der Waals surface area contributed by atoms with Crippen LogP contribution in [0.5, 0.6) is 11.5 Å².